The molecule has 1 atom stereocenters. The van der Waals surface area contributed by atoms with Crippen LogP contribution in [0, 0.1) is 5.92 Å². The van der Waals surface area contributed by atoms with E-state index in [0.717, 1.165) is 47.9 Å². The number of fused-ring (bicyclic) bond motifs is 1. The van der Waals surface area contributed by atoms with E-state index >= 15 is 0 Å². The molecule has 0 bridgehead atoms. The summed E-state index contributed by atoms with van der Waals surface area (Å²) in [4.78, 5) is 0. The largest absolute Gasteiger partial charge is 0.486 e. The molecule has 0 aromatic heterocycles. The van der Waals surface area contributed by atoms with Gasteiger partial charge in [0.05, 0.1) is 0 Å². The van der Waals surface area contributed by atoms with Gasteiger partial charge in [0.25, 0.3) is 0 Å². The van der Waals surface area contributed by atoms with E-state index in [2.05, 4.69) is 32.2 Å². The van der Waals surface area contributed by atoms with Crippen LogP contribution in [0.15, 0.2) is 12.1 Å². The highest BCUT2D eigenvalue weighted by atomic mass is 35.5. The normalized spacial score (nSPS) is 15.3. The maximum absolute atomic E-state index is 6.52. The summed E-state index contributed by atoms with van der Waals surface area (Å²) in [7, 11) is 0. The van der Waals surface area contributed by atoms with Crippen molar-refractivity contribution in [1.29, 1.82) is 0 Å². The van der Waals surface area contributed by atoms with Crippen LogP contribution in [0.2, 0.25) is 5.02 Å². The van der Waals surface area contributed by atoms with Gasteiger partial charge >= 0.3 is 0 Å². The van der Waals surface area contributed by atoms with Crippen molar-refractivity contribution in [2.24, 2.45) is 5.92 Å². The summed E-state index contributed by atoms with van der Waals surface area (Å²) >= 11 is 6.52. The monoisotopic (exact) mass is 311 g/mol. The van der Waals surface area contributed by atoms with E-state index in [1.807, 2.05) is 6.07 Å². The fourth-order valence-corrected chi connectivity index (χ4v) is 3.18. The van der Waals surface area contributed by atoms with Crippen LogP contribution in [0.3, 0.4) is 0 Å². The molecule has 1 heterocycles. The van der Waals surface area contributed by atoms with Crippen molar-refractivity contribution in [3.8, 4) is 11.5 Å². The lowest BCUT2D eigenvalue weighted by molar-refractivity contribution is 0.171. The molecule has 1 aliphatic heterocycles. The van der Waals surface area contributed by atoms with E-state index in [0.29, 0.717) is 19.1 Å². The van der Waals surface area contributed by atoms with Gasteiger partial charge in [0.15, 0.2) is 11.5 Å². The number of benzene rings is 1. The van der Waals surface area contributed by atoms with Gasteiger partial charge in [-0.3, -0.25) is 0 Å². The number of rotatable bonds is 7. The highest BCUT2D eigenvalue weighted by molar-refractivity contribution is 6.31. The molecule has 1 unspecified atom stereocenters. The molecule has 118 valence electrons. The lowest BCUT2D eigenvalue weighted by Crippen LogP contribution is -2.29. The first-order valence-corrected chi connectivity index (χ1v) is 8.41. The topological polar surface area (TPSA) is 30.5 Å². The third-order valence-electron chi connectivity index (χ3n) is 4.13. The van der Waals surface area contributed by atoms with E-state index < -0.39 is 0 Å². The zero-order valence-corrected chi connectivity index (χ0v) is 14.0. The van der Waals surface area contributed by atoms with Crippen LogP contribution >= 0.6 is 11.6 Å². The molecule has 3 nitrogen and oxygen atoms in total. The van der Waals surface area contributed by atoms with Crippen LogP contribution in [-0.2, 0) is 0 Å². The van der Waals surface area contributed by atoms with Crippen LogP contribution in [0.5, 0.6) is 11.5 Å². The van der Waals surface area contributed by atoms with Crippen molar-refractivity contribution in [3.05, 3.63) is 22.7 Å². The summed E-state index contributed by atoms with van der Waals surface area (Å²) in [5, 5.41) is 4.42. The Kier molecular flexibility index (Phi) is 6.19. The Morgan fingerprint density at radius 3 is 2.29 bits per heavy atom. The molecule has 1 aromatic carbocycles. The first-order chi connectivity index (χ1) is 10.2. The van der Waals surface area contributed by atoms with Gasteiger partial charge in [-0.05, 0) is 30.5 Å². The van der Waals surface area contributed by atoms with Gasteiger partial charge in [0.1, 0.15) is 13.2 Å². The summed E-state index contributed by atoms with van der Waals surface area (Å²) in [6, 6.07) is 4.22. The van der Waals surface area contributed by atoms with Crippen molar-refractivity contribution >= 4 is 11.6 Å². The van der Waals surface area contributed by atoms with E-state index in [1.54, 1.807) is 0 Å². The zero-order chi connectivity index (χ0) is 15.2. The van der Waals surface area contributed by atoms with Gasteiger partial charge in [0.2, 0.25) is 0 Å². The maximum Gasteiger partial charge on any atom is 0.162 e. The second-order valence-corrected chi connectivity index (χ2v) is 5.93. The highest BCUT2D eigenvalue weighted by Crippen LogP contribution is 2.40. The fraction of sp³-hybridized carbons (Fsp3) is 0.647. The van der Waals surface area contributed by atoms with E-state index in [-0.39, 0.29) is 6.04 Å². The first-order valence-electron chi connectivity index (χ1n) is 8.03. The molecule has 1 aliphatic rings. The predicted molar refractivity (Wildman–Crippen MR) is 87.5 cm³/mol. The van der Waals surface area contributed by atoms with Gasteiger partial charge in [-0.25, -0.2) is 0 Å². The van der Waals surface area contributed by atoms with Crippen LogP contribution in [0.4, 0.5) is 0 Å². The Morgan fingerprint density at radius 1 is 1.10 bits per heavy atom. The van der Waals surface area contributed by atoms with Crippen molar-refractivity contribution in [3.63, 3.8) is 0 Å². The molecule has 0 aliphatic carbocycles. The zero-order valence-electron chi connectivity index (χ0n) is 13.2. The van der Waals surface area contributed by atoms with Crippen LogP contribution < -0.4 is 14.8 Å². The first kappa shape index (κ1) is 16.4. The molecule has 1 aromatic rings. The standard InChI is InChI=1S/C17H26ClNO2/c1-4-7-19-17(12(5-2)6-3)13-10-15-16(11-14(13)18)21-9-8-20-15/h10-12,17,19H,4-9H2,1-3H3. The minimum atomic E-state index is 0.267. The number of nitrogens with one attached hydrogen (secondary N) is 1. The second-order valence-electron chi connectivity index (χ2n) is 5.53. The molecule has 0 spiro atoms. The van der Waals surface area contributed by atoms with Crippen LogP contribution in [0.25, 0.3) is 0 Å². The maximum atomic E-state index is 6.52. The minimum Gasteiger partial charge on any atom is -0.486 e. The van der Waals surface area contributed by atoms with E-state index in [1.165, 1.54) is 0 Å². The van der Waals surface area contributed by atoms with E-state index in [4.69, 9.17) is 21.1 Å². The third-order valence-corrected chi connectivity index (χ3v) is 4.46. The van der Waals surface area contributed by atoms with E-state index in [9.17, 15) is 0 Å². The third kappa shape index (κ3) is 3.83. The molecular weight excluding hydrogens is 286 g/mol. The summed E-state index contributed by atoms with van der Waals surface area (Å²) < 4.78 is 11.3. The molecule has 0 saturated carbocycles. The Morgan fingerprint density at radius 2 is 1.71 bits per heavy atom. The highest BCUT2D eigenvalue weighted by Gasteiger charge is 2.25. The molecule has 1 N–H and O–H groups in total. The lowest BCUT2D eigenvalue weighted by Gasteiger charge is -2.29. The molecule has 0 fully saturated rings. The Labute approximate surface area is 133 Å². The summed E-state index contributed by atoms with van der Waals surface area (Å²) in [6.45, 7) is 8.84. The Bertz CT molecular complexity index is 460. The van der Waals surface area contributed by atoms with Gasteiger partial charge in [-0.15, -0.1) is 0 Å². The second kappa shape index (κ2) is 7.90. The van der Waals surface area contributed by atoms with Crippen LogP contribution in [0.1, 0.15) is 51.6 Å². The minimum absolute atomic E-state index is 0.267. The molecule has 0 radical (unpaired) electrons. The van der Waals surface area contributed by atoms with Crippen molar-refractivity contribution in [1.82, 2.24) is 5.32 Å². The van der Waals surface area contributed by atoms with Crippen molar-refractivity contribution in [2.75, 3.05) is 19.8 Å². The SMILES string of the molecule is CCCNC(c1cc2c(cc1Cl)OCCO2)C(CC)CC. The van der Waals surface area contributed by atoms with Gasteiger partial charge in [0, 0.05) is 17.1 Å². The molecule has 4 heteroatoms. The Hall–Kier alpha value is -0.930. The van der Waals surface area contributed by atoms with Gasteiger partial charge in [-0.2, -0.15) is 0 Å². The van der Waals surface area contributed by atoms with Gasteiger partial charge < -0.3 is 14.8 Å². The number of hydrogen-bond donors (Lipinski definition) is 1. The molecule has 0 amide bonds. The molecular formula is C17H26ClNO2. The molecule has 0 saturated heterocycles. The van der Waals surface area contributed by atoms with Crippen LogP contribution in [-0.4, -0.2) is 19.8 Å². The van der Waals surface area contributed by atoms with Gasteiger partial charge in [-0.1, -0.05) is 45.2 Å². The number of ether oxygens (including phenoxy) is 2. The quantitative estimate of drug-likeness (QED) is 0.799. The fourth-order valence-electron chi connectivity index (χ4n) is 2.91. The average molecular weight is 312 g/mol. The van der Waals surface area contributed by atoms with Crippen molar-refractivity contribution < 1.29 is 9.47 Å². The smallest absolute Gasteiger partial charge is 0.162 e. The summed E-state index contributed by atoms with van der Waals surface area (Å²) in [5.74, 6) is 2.14. The Balaban J connectivity index is 2.33. The summed E-state index contributed by atoms with van der Waals surface area (Å²) in [5.41, 5.74) is 1.13. The lowest BCUT2D eigenvalue weighted by atomic mass is 9.88. The van der Waals surface area contributed by atoms with Crippen molar-refractivity contribution in [2.45, 2.75) is 46.1 Å². The molecule has 21 heavy (non-hydrogen) atoms. The molecule has 2 rings (SSSR count). The summed E-state index contributed by atoms with van der Waals surface area (Å²) in [6.07, 6.45) is 3.37. The number of hydrogen-bond acceptors (Lipinski definition) is 3. The number of halogens is 1. The average Bonchev–Trinajstić information content (AvgIpc) is 2.51. The predicted octanol–water partition coefficient (Wildman–Crippen LogP) is 4.59.